The summed E-state index contributed by atoms with van der Waals surface area (Å²) in [6, 6.07) is 4.86. The Labute approximate surface area is 156 Å². The highest BCUT2D eigenvalue weighted by Crippen LogP contribution is 2.23. The number of phenols is 1. The standard InChI is InChI=1S/C19H22N6O2/c1-12-9-15(26)4-5-16(12)19(27)21-14-3-6-17-22-23-18(25(17)8-7-14)13-10-20-24(2)11-13/h4-5,9-11,14,26H,3,6-8H2,1-2H3,(H,21,27). The summed E-state index contributed by atoms with van der Waals surface area (Å²) in [5, 5.41) is 25.5. The van der Waals surface area contributed by atoms with E-state index in [1.165, 1.54) is 6.07 Å². The Bertz CT molecular complexity index is 990. The second-order valence-electron chi connectivity index (χ2n) is 6.99. The highest BCUT2D eigenvalue weighted by atomic mass is 16.3. The lowest BCUT2D eigenvalue weighted by Crippen LogP contribution is -2.35. The Morgan fingerprint density at radius 3 is 2.89 bits per heavy atom. The van der Waals surface area contributed by atoms with Crippen LogP contribution in [0.5, 0.6) is 5.75 Å². The van der Waals surface area contributed by atoms with Gasteiger partial charge in [-0.05, 0) is 43.5 Å². The topological polar surface area (TPSA) is 97.9 Å². The van der Waals surface area contributed by atoms with Gasteiger partial charge in [0.2, 0.25) is 0 Å². The first-order valence-corrected chi connectivity index (χ1v) is 9.03. The van der Waals surface area contributed by atoms with Gasteiger partial charge in [0.15, 0.2) is 5.82 Å². The number of benzene rings is 1. The number of hydrogen-bond acceptors (Lipinski definition) is 5. The van der Waals surface area contributed by atoms with Crippen LogP contribution in [0.4, 0.5) is 0 Å². The molecule has 0 fully saturated rings. The molecule has 1 amide bonds. The number of nitrogens with one attached hydrogen (secondary N) is 1. The van der Waals surface area contributed by atoms with Crippen molar-refractivity contribution in [2.45, 2.75) is 38.8 Å². The number of hydrogen-bond donors (Lipinski definition) is 2. The van der Waals surface area contributed by atoms with Crippen LogP contribution in [0.15, 0.2) is 30.6 Å². The van der Waals surface area contributed by atoms with E-state index in [4.69, 9.17) is 0 Å². The van der Waals surface area contributed by atoms with Gasteiger partial charge in [-0.3, -0.25) is 9.48 Å². The van der Waals surface area contributed by atoms with Gasteiger partial charge in [-0.2, -0.15) is 5.10 Å². The van der Waals surface area contributed by atoms with Crippen molar-refractivity contribution in [3.8, 4) is 17.1 Å². The van der Waals surface area contributed by atoms with Crippen LogP contribution < -0.4 is 5.32 Å². The third-order valence-electron chi connectivity index (χ3n) is 5.00. The van der Waals surface area contributed by atoms with Crippen molar-refractivity contribution in [1.82, 2.24) is 29.9 Å². The molecule has 2 aromatic heterocycles. The molecule has 0 saturated carbocycles. The quantitative estimate of drug-likeness (QED) is 0.737. The highest BCUT2D eigenvalue weighted by molar-refractivity contribution is 5.96. The molecule has 4 rings (SSSR count). The lowest BCUT2D eigenvalue weighted by Gasteiger charge is -2.17. The number of phenolic OH excluding ortho intramolecular Hbond substituents is 1. The predicted octanol–water partition coefficient (Wildman–Crippen LogP) is 1.83. The van der Waals surface area contributed by atoms with Crippen LogP contribution in [-0.2, 0) is 20.0 Å². The average molecular weight is 366 g/mol. The molecular weight excluding hydrogens is 344 g/mol. The van der Waals surface area contributed by atoms with E-state index in [0.29, 0.717) is 5.56 Å². The number of carbonyl (C=O) groups is 1. The number of amides is 1. The highest BCUT2D eigenvalue weighted by Gasteiger charge is 2.23. The Morgan fingerprint density at radius 1 is 1.30 bits per heavy atom. The maximum atomic E-state index is 12.6. The minimum atomic E-state index is -0.109. The van der Waals surface area contributed by atoms with Crippen LogP contribution in [0, 0.1) is 6.92 Å². The molecule has 8 heteroatoms. The Hall–Kier alpha value is -3.16. The van der Waals surface area contributed by atoms with Crippen molar-refractivity contribution in [2.24, 2.45) is 7.05 Å². The predicted molar refractivity (Wildman–Crippen MR) is 99.3 cm³/mol. The van der Waals surface area contributed by atoms with Crippen molar-refractivity contribution in [2.75, 3.05) is 0 Å². The van der Waals surface area contributed by atoms with Crippen molar-refractivity contribution in [3.05, 3.63) is 47.5 Å². The van der Waals surface area contributed by atoms with Crippen molar-refractivity contribution >= 4 is 5.91 Å². The molecule has 3 aromatic rings. The number of aromatic hydroxyl groups is 1. The largest absolute Gasteiger partial charge is 0.508 e. The maximum Gasteiger partial charge on any atom is 0.251 e. The summed E-state index contributed by atoms with van der Waals surface area (Å²) in [4.78, 5) is 12.6. The zero-order chi connectivity index (χ0) is 19.0. The first-order chi connectivity index (χ1) is 13.0. The fourth-order valence-corrected chi connectivity index (χ4v) is 3.55. The minimum absolute atomic E-state index is 0.0640. The van der Waals surface area contributed by atoms with Crippen LogP contribution in [-0.4, -0.2) is 41.6 Å². The summed E-state index contributed by atoms with van der Waals surface area (Å²) in [5.41, 5.74) is 2.29. The summed E-state index contributed by atoms with van der Waals surface area (Å²) < 4.78 is 3.87. The SMILES string of the molecule is Cc1cc(O)ccc1C(=O)NC1CCc2nnc(-c3cnn(C)c3)n2CC1. The molecular formula is C19H22N6O2. The van der Waals surface area contributed by atoms with E-state index < -0.39 is 0 Å². The summed E-state index contributed by atoms with van der Waals surface area (Å²) in [6.45, 7) is 2.56. The summed E-state index contributed by atoms with van der Waals surface area (Å²) in [7, 11) is 1.88. The zero-order valence-corrected chi connectivity index (χ0v) is 15.4. The number of aryl methyl sites for hydroxylation is 3. The maximum absolute atomic E-state index is 12.6. The molecule has 1 unspecified atom stereocenters. The molecule has 0 bridgehead atoms. The van der Waals surface area contributed by atoms with Crippen LogP contribution in [0.1, 0.15) is 34.6 Å². The number of nitrogens with zero attached hydrogens (tertiary/aromatic N) is 5. The van der Waals surface area contributed by atoms with Crippen LogP contribution >= 0.6 is 0 Å². The smallest absolute Gasteiger partial charge is 0.251 e. The summed E-state index contributed by atoms with van der Waals surface area (Å²) in [6.07, 6.45) is 6.09. The molecule has 1 aromatic carbocycles. The van der Waals surface area contributed by atoms with Crippen LogP contribution in [0.2, 0.25) is 0 Å². The van der Waals surface area contributed by atoms with E-state index in [-0.39, 0.29) is 17.7 Å². The second kappa shape index (κ2) is 6.86. The minimum Gasteiger partial charge on any atom is -0.508 e. The molecule has 0 aliphatic carbocycles. The average Bonchev–Trinajstić information content (AvgIpc) is 3.17. The van der Waals surface area contributed by atoms with Gasteiger partial charge in [0.05, 0.1) is 11.8 Å². The molecule has 1 aliphatic heterocycles. The van der Waals surface area contributed by atoms with E-state index in [1.54, 1.807) is 23.0 Å². The molecule has 0 saturated heterocycles. The van der Waals surface area contributed by atoms with E-state index >= 15 is 0 Å². The monoisotopic (exact) mass is 366 g/mol. The van der Waals surface area contributed by atoms with Gasteiger partial charge < -0.3 is 15.0 Å². The fourth-order valence-electron chi connectivity index (χ4n) is 3.55. The summed E-state index contributed by atoms with van der Waals surface area (Å²) >= 11 is 0. The fraction of sp³-hybridized carbons (Fsp3) is 0.368. The molecule has 0 spiro atoms. The van der Waals surface area contributed by atoms with Gasteiger partial charge >= 0.3 is 0 Å². The lowest BCUT2D eigenvalue weighted by molar-refractivity contribution is 0.0932. The van der Waals surface area contributed by atoms with Crippen molar-refractivity contribution in [1.29, 1.82) is 0 Å². The second-order valence-corrected chi connectivity index (χ2v) is 6.99. The number of fused-ring (bicyclic) bond motifs is 1. The Balaban J connectivity index is 1.47. The lowest BCUT2D eigenvalue weighted by atomic mass is 10.1. The number of rotatable bonds is 3. The molecule has 2 N–H and O–H groups in total. The normalized spacial score (nSPS) is 16.6. The van der Waals surface area contributed by atoms with Crippen molar-refractivity contribution < 1.29 is 9.90 Å². The molecule has 3 heterocycles. The van der Waals surface area contributed by atoms with E-state index in [0.717, 1.165) is 48.6 Å². The van der Waals surface area contributed by atoms with E-state index in [9.17, 15) is 9.90 Å². The van der Waals surface area contributed by atoms with E-state index in [2.05, 4.69) is 25.2 Å². The molecule has 27 heavy (non-hydrogen) atoms. The van der Waals surface area contributed by atoms with Gasteiger partial charge in [-0.15, -0.1) is 10.2 Å². The first kappa shape index (κ1) is 17.3. The van der Waals surface area contributed by atoms with Gasteiger partial charge in [-0.25, -0.2) is 0 Å². The third kappa shape index (κ3) is 3.42. The Kier molecular flexibility index (Phi) is 4.39. The van der Waals surface area contributed by atoms with Crippen LogP contribution in [0.25, 0.3) is 11.4 Å². The van der Waals surface area contributed by atoms with Crippen LogP contribution in [0.3, 0.4) is 0 Å². The van der Waals surface area contributed by atoms with Gasteiger partial charge in [0, 0.05) is 37.8 Å². The third-order valence-corrected chi connectivity index (χ3v) is 5.00. The number of aromatic nitrogens is 5. The Morgan fingerprint density at radius 2 is 2.15 bits per heavy atom. The van der Waals surface area contributed by atoms with Gasteiger partial charge in [0.25, 0.3) is 5.91 Å². The molecule has 1 atom stereocenters. The van der Waals surface area contributed by atoms with E-state index in [1.807, 2.05) is 20.2 Å². The van der Waals surface area contributed by atoms with Crippen molar-refractivity contribution in [3.63, 3.8) is 0 Å². The molecule has 140 valence electrons. The summed E-state index contributed by atoms with van der Waals surface area (Å²) in [5.74, 6) is 1.81. The number of carbonyl (C=O) groups excluding carboxylic acids is 1. The molecule has 0 radical (unpaired) electrons. The zero-order valence-electron chi connectivity index (χ0n) is 15.4. The first-order valence-electron chi connectivity index (χ1n) is 9.03. The van der Waals surface area contributed by atoms with Gasteiger partial charge in [-0.1, -0.05) is 0 Å². The van der Waals surface area contributed by atoms with Gasteiger partial charge in [0.1, 0.15) is 11.6 Å². The molecule has 1 aliphatic rings. The molecule has 8 nitrogen and oxygen atoms in total.